The summed E-state index contributed by atoms with van der Waals surface area (Å²) in [4.78, 5) is 23.2. The predicted octanol–water partition coefficient (Wildman–Crippen LogP) is 3.81. The molecule has 0 amide bonds. The average molecular weight is 324 g/mol. The van der Waals surface area contributed by atoms with Gasteiger partial charge in [-0.1, -0.05) is 72.8 Å². The molecule has 0 fully saturated rings. The fourth-order valence-electron chi connectivity index (χ4n) is 1.95. The summed E-state index contributed by atoms with van der Waals surface area (Å²) in [6.07, 6.45) is 3.52. The summed E-state index contributed by atoms with van der Waals surface area (Å²) in [5.74, 6) is -0.652. The minimum atomic E-state index is -0.326. The van der Waals surface area contributed by atoms with E-state index in [2.05, 4.69) is 0 Å². The molecule has 0 heterocycles. The van der Waals surface area contributed by atoms with Gasteiger partial charge in [-0.15, -0.1) is 0 Å². The van der Waals surface area contributed by atoms with Crippen LogP contribution < -0.4 is 0 Å². The van der Waals surface area contributed by atoms with Crippen molar-refractivity contribution in [3.05, 3.63) is 83.9 Å². The third kappa shape index (κ3) is 6.92. The summed E-state index contributed by atoms with van der Waals surface area (Å²) in [5, 5.41) is 0. The molecule has 0 saturated carbocycles. The Morgan fingerprint density at radius 2 is 1.04 bits per heavy atom. The first-order valence-electron chi connectivity index (χ1n) is 7.78. The maximum atomic E-state index is 11.6. The third-order valence-corrected chi connectivity index (χ3v) is 3.22. The maximum Gasteiger partial charge on any atom is 0.309 e. The van der Waals surface area contributed by atoms with Crippen molar-refractivity contribution in [3.63, 3.8) is 0 Å². The topological polar surface area (TPSA) is 52.6 Å². The van der Waals surface area contributed by atoms with Gasteiger partial charge in [0.25, 0.3) is 0 Å². The number of carbonyl (C=O) groups is 2. The highest BCUT2D eigenvalue weighted by Crippen LogP contribution is 2.04. The zero-order chi connectivity index (χ0) is 17.0. The van der Waals surface area contributed by atoms with Gasteiger partial charge in [0.2, 0.25) is 0 Å². The van der Waals surface area contributed by atoms with E-state index >= 15 is 0 Å². The lowest BCUT2D eigenvalue weighted by atomic mass is 10.2. The van der Waals surface area contributed by atoms with Gasteiger partial charge < -0.3 is 9.47 Å². The van der Waals surface area contributed by atoms with Crippen LogP contribution in [0.4, 0.5) is 0 Å². The molecule has 0 N–H and O–H groups in total. The normalized spacial score (nSPS) is 10.5. The second-order valence-electron chi connectivity index (χ2n) is 5.17. The number of benzene rings is 2. The van der Waals surface area contributed by atoms with Gasteiger partial charge in [0.15, 0.2) is 0 Å². The van der Waals surface area contributed by atoms with Crippen LogP contribution in [0.3, 0.4) is 0 Å². The fourth-order valence-corrected chi connectivity index (χ4v) is 1.95. The van der Waals surface area contributed by atoms with Crippen LogP contribution in [0.1, 0.15) is 24.0 Å². The Bertz CT molecular complexity index is 603. The summed E-state index contributed by atoms with van der Waals surface area (Å²) in [7, 11) is 0. The molecule has 0 spiro atoms. The molecule has 0 aliphatic carbocycles. The molecule has 0 aliphatic rings. The lowest BCUT2D eigenvalue weighted by molar-refractivity contribution is -0.145. The molecule has 0 bridgehead atoms. The van der Waals surface area contributed by atoms with Gasteiger partial charge >= 0.3 is 11.9 Å². The van der Waals surface area contributed by atoms with Crippen LogP contribution >= 0.6 is 0 Å². The predicted molar refractivity (Wildman–Crippen MR) is 90.9 cm³/mol. The number of hydrogen-bond donors (Lipinski definition) is 0. The van der Waals surface area contributed by atoms with Crippen LogP contribution in [0, 0.1) is 0 Å². The summed E-state index contributed by atoms with van der Waals surface area (Å²) in [6.45, 7) is 0.513. The monoisotopic (exact) mass is 324 g/mol. The highest BCUT2D eigenvalue weighted by atomic mass is 16.5. The van der Waals surface area contributed by atoms with E-state index in [0.29, 0.717) is 0 Å². The van der Waals surface area contributed by atoms with Crippen LogP contribution in [-0.4, -0.2) is 11.9 Å². The quantitative estimate of drug-likeness (QED) is 0.547. The van der Waals surface area contributed by atoms with Crippen molar-refractivity contribution < 1.29 is 19.1 Å². The minimum absolute atomic E-state index is 0.138. The zero-order valence-corrected chi connectivity index (χ0v) is 13.4. The van der Waals surface area contributed by atoms with Crippen LogP contribution in [0.25, 0.3) is 0 Å². The molecule has 4 heteroatoms. The molecule has 4 nitrogen and oxygen atoms in total. The van der Waals surface area contributed by atoms with Crippen molar-refractivity contribution in [3.8, 4) is 0 Å². The zero-order valence-electron chi connectivity index (χ0n) is 13.4. The second kappa shape index (κ2) is 10.0. The van der Waals surface area contributed by atoms with Gasteiger partial charge in [0, 0.05) is 0 Å². The summed E-state index contributed by atoms with van der Waals surface area (Å²) < 4.78 is 10.3. The first-order chi connectivity index (χ1) is 11.7. The standard InChI is InChI=1S/C20H20O4/c21-19(23-15-17-9-3-1-4-10-17)13-7-8-14-20(22)24-16-18-11-5-2-6-12-18/h1-12H,13-16H2. The van der Waals surface area contributed by atoms with Crippen molar-refractivity contribution in [2.75, 3.05) is 0 Å². The van der Waals surface area contributed by atoms with Crippen molar-refractivity contribution >= 4 is 11.9 Å². The minimum Gasteiger partial charge on any atom is -0.461 e. The van der Waals surface area contributed by atoms with E-state index < -0.39 is 0 Å². The van der Waals surface area contributed by atoms with Gasteiger partial charge in [0.1, 0.15) is 13.2 Å². The smallest absolute Gasteiger partial charge is 0.309 e. The molecule has 2 aromatic carbocycles. The van der Waals surface area contributed by atoms with E-state index in [4.69, 9.17) is 9.47 Å². The fraction of sp³-hybridized carbons (Fsp3) is 0.200. The third-order valence-electron chi connectivity index (χ3n) is 3.22. The molecule has 24 heavy (non-hydrogen) atoms. The lowest BCUT2D eigenvalue weighted by Gasteiger charge is -2.03. The molecule has 0 atom stereocenters. The highest BCUT2D eigenvalue weighted by molar-refractivity contribution is 5.73. The van der Waals surface area contributed by atoms with Crippen molar-refractivity contribution in [2.45, 2.75) is 26.1 Å². The Morgan fingerprint density at radius 1 is 0.667 bits per heavy atom. The van der Waals surface area contributed by atoms with E-state index in [9.17, 15) is 9.59 Å². The second-order valence-corrected chi connectivity index (χ2v) is 5.17. The largest absolute Gasteiger partial charge is 0.461 e. The van der Waals surface area contributed by atoms with Crippen LogP contribution in [0.2, 0.25) is 0 Å². The molecule has 0 radical (unpaired) electrons. The van der Waals surface area contributed by atoms with E-state index in [-0.39, 0.29) is 38.0 Å². The van der Waals surface area contributed by atoms with Crippen LogP contribution in [0.5, 0.6) is 0 Å². The van der Waals surface area contributed by atoms with Gasteiger partial charge in [-0.05, 0) is 11.1 Å². The Kier molecular flexibility index (Phi) is 7.28. The Balaban J connectivity index is 1.59. The number of rotatable bonds is 8. The molecule has 0 aromatic heterocycles. The number of hydrogen-bond acceptors (Lipinski definition) is 4. The number of carbonyl (C=O) groups excluding carboxylic acids is 2. The first kappa shape index (κ1) is 17.5. The van der Waals surface area contributed by atoms with E-state index in [0.717, 1.165) is 11.1 Å². The van der Waals surface area contributed by atoms with E-state index in [1.54, 1.807) is 12.2 Å². The summed E-state index contributed by atoms with van der Waals surface area (Å²) in [6, 6.07) is 19.0. The molecule has 2 rings (SSSR count). The summed E-state index contributed by atoms with van der Waals surface area (Å²) in [5.41, 5.74) is 1.89. The average Bonchev–Trinajstić information content (AvgIpc) is 2.63. The van der Waals surface area contributed by atoms with Crippen LogP contribution in [0.15, 0.2) is 72.8 Å². The molecule has 0 unspecified atom stereocenters. The molecular weight excluding hydrogens is 304 g/mol. The molecular formula is C20H20O4. The SMILES string of the molecule is O=C(CC=CCC(=O)OCc1ccccc1)OCc1ccccc1. The Labute approximate surface area is 141 Å². The lowest BCUT2D eigenvalue weighted by Crippen LogP contribution is -2.04. The molecule has 124 valence electrons. The number of ether oxygens (including phenoxy) is 2. The van der Waals surface area contributed by atoms with Gasteiger partial charge in [0.05, 0.1) is 12.8 Å². The van der Waals surface area contributed by atoms with E-state index in [1.807, 2.05) is 60.7 Å². The van der Waals surface area contributed by atoms with Gasteiger partial charge in [-0.2, -0.15) is 0 Å². The molecule has 0 saturated heterocycles. The van der Waals surface area contributed by atoms with Crippen LogP contribution in [-0.2, 0) is 32.3 Å². The molecule has 2 aromatic rings. The summed E-state index contributed by atoms with van der Waals surface area (Å²) >= 11 is 0. The van der Waals surface area contributed by atoms with Gasteiger partial charge in [-0.25, -0.2) is 0 Å². The molecule has 0 aliphatic heterocycles. The van der Waals surface area contributed by atoms with Crippen molar-refractivity contribution in [1.29, 1.82) is 0 Å². The number of esters is 2. The first-order valence-corrected chi connectivity index (χ1v) is 7.78. The van der Waals surface area contributed by atoms with E-state index in [1.165, 1.54) is 0 Å². The highest BCUT2D eigenvalue weighted by Gasteiger charge is 2.02. The Hall–Kier alpha value is -2.88. The Morgan fingerprint density at radius 3 is 1.42 bits per heavy atom. The maximum absolute atomic E-state index is 11.6. The van der Waals surface area contributed by atoms with Crippen molar-refractivity contribution in [2.24, 2.45) is 0 Å². The van der Waals surface area contributed by atoms with Crippen molar-refractivity contribution in [1.82, 2.24) is 0 Å². The van der Waals surface area contributed by atoms with Gasteiger partial charge in [-0.3, -0.25) is 9.59 Å².